The van der Waals surface area contributed by atoms with Crippen molar-refractivity contribution in [3.05, 3.63) is 72.3 Å². The van der Waals surface area contributed by atoms with Crippen molar-refractivity contribution in [1.82, 2.24) is 0 Å². The van der Waals surface area contributed by atoms with Gasteiger partial charge in [-0.25, -0.2) is 0 Å². The first kappa shape index (κ1) is 13.0. The SMILES string of the molecule is BrCC#Cc1ccccc1-c1cccc2ccccc12. The Morgan fingerprint density at radius 3 is 2.35 bits per heavy atom. The van der Waals surface area contributed by atoms with E-state index in [1.165, 1.54) is 21.9 Å². The second-order valence-electron chi connectivity index (χ2n) is 4.51. The molecule has 0 heterocycles. The van der Waals surface area contributed by atoms with Crippen LogP contribution in [-0.4, -0.2) is 5.33 Å². The number of alkyl halides is 1. The number of halogens is 1. The molecule has 1 heteroatoms. The Morgan fingerprint density at radius 2 is 1.45 bits per heavy atom. The topological polar surface area (TPSA) is 0 Å². The summed E-state index contributed by atoms with van der Waals surface area (Å²) in [7, 11) is 0. The van der Waals surface area contributed by atoms with Crippen molar-refractivity contribution in [2.75, 3.05) is 5.33 Å². The maximum Gasteiger partial charge on any atom is 0.0649 e. The molecule has 0 spiro atoms. The van der Waals surface area contributed by atoms with Gasteiger partial charge in [-0.1, -0.05) is 88.4 Å². The molecular weight excluding hydrogens is 308 g/mol. The predicted octanol–water partition coefficient (Wildman–Crippen LogP) is 5.25. The smallest absolute Gasteiger partial charge is 0.0649 e. The standard InChI is InChI=1S/C19H13Br/c20-14-6-10-16-8-2-4-12-18(16)19-13-5-9-15-7-1-3-11-17(15)19/h1-5,7-9,11-13H,14H2. The number of fused-ring (bicyclic) bond motifs is 1. The summed E-state index contributed by atoms with van der Waals surface area (Å²) in [6, 6.07) is 23.2. The van der Waals surface area contributed by atoms with E-state index in [-0.39, 0.29) is 0 Å². The summed E-state index contributed by atoms with van der Waals surface area (Å²) < 4.78 is 0. The van der Waals surface area contributed by atoms with Crippen LogP contribution in [-0.2, 0) is 0 Å². The Labute approximate surface area is 127 Å². The van der Waals surface area contributed by atoms with Crippen LogP contribution in [0, 0.1) is 11.8 Å². The van der Waals surface area contributed by atoms with E-state index in [4.69, 9.17) is 0 Å². The van der Waals surface area contributed by atoms with Crippen LogP contribution in [0.4, 0.5) is 0 Å². The molecule has 0 unspecified atom stereocenters. The van der Waals surface area contributed by atoms with Crippen molar-refractivity contribution >= 4 is 26.7 Å². The van der Waals surface area contributed by atoms with Crippen LogP contribution in [0.1, 0.15) is 5.56 Å². The van der Waals surface area contributed by atoms with Crippen LogP contribution in [0.5, 0.6) is 0 Å². The molecule has 96 valence electrons. The van der Waals surface area contributed by atoms with Crippen LogP contribution in [0.2, 0.25) is 0 Å². The van der Waals surface area contributed by atoms with E-state index in [2.05, 4.69) is 88.4 Å². The summed E-state index contributed by atoms with van der Waals surface area (Å²) in [6.45, 7) is 0. The Hall–Kier alpha value is -2.04. The van der Waals surface area contributed by atoms with E-state index >= 15 is 0 Å². The predicted molar refractivity (Wildman–Crippen MR) is 90.1 cm³/mol. The summed E-state index contributed by atoms with van der Waals surface area (Å²) in [4.78, 5) is 0. The third-order valence-electron chi connectivity index (χ3n) is 3.30. The second kappa shape index (κ2) is 5.94. The lowest BCUT2D eigenvalue weighted by Gasteiger charge is -2.09. The van der Waals surface area contributed by atoms with Crippen molar-refractivity contribution < 1.29 is 0 Å². The average molecular weight is 321 g/mol. The van der Waals surface area contributed by atoms with Gasteiger partial charge >= 0.3 is 0 Å². The molecule has 0 radical (unpaired) electrons. The fourth-order valence-corrected chi connectivity index (χ4v) is 2.56. The number of hydrogen-bond donors (Lipinski definition) is 0. The van der Waals surface area contributed by atoms with Crippen LogP contribution < -0.4 is 0 Å². The van der Waals surface area contributed by atoms with Crippen molar-refractivity contribution in [2.45, 2.75) is 0 Å². The number of rotatable bonds is 1. The fraction of sp³-hybridized carbons (Fsp3) is 0.0526. The van der Waals surface area contributed by atoms with Crippen LogP contribution in [0.15, 0.2) is 66.7 Å². The summed E-state index contributed by atoms with van der Waals surface area (Å²) in [6.07, 6.45) is 0. The number of hydrogen-bond acceptors (Lipinski definition) is 0. The van der Waals surface area contributed by atoms with Crippen LogP contribution in [0.25, 0.3) is 21.9 Å². The van der Waals surface area contributed by atoms with Gasteiger partial charge in [-0.3, -0.25) is 0 Å². The lowest BCUT2D eigenvalue weighted by atomic mass is 9.95. The van der Waals surface area contributed by atoms with Gasteiger partial charge in [0.2, 0.25) is 0 Å². The molecule has 0 bridgehead atoms. The summed E-state index contributed by atoms with van der Waals surface area (Å²) in [5.74, 6) is 6.32. The van der Waals surface area contributed by atoms with Crippen LogP contribution in [0.3, 0.4) is 0 Å². The summed E-state index contributed by atoms with van der Waals surface area (Å²) in [5.41, 5.74) is 3.50. The average Bonchev–Trinajstić information content (AvgIpc) is 2.53. The van der Waals surface area contributed by atoms with Crippen molar-refractivity contribution in [1.29, 1.82) is 0 Å². The zero-order chi connectivity index (χ0) is 13.8. The highest BCUT2D eigenvalue weighted by molar-refractivity contribution is 9.09. The molecule has 0 nitrogen and oxygen atoms in total. The van der Waals surface area contributed by atoms with Crippen molar-refractivity contribution in [2.24, 2.45) is 0 Å². The van der Waals surface area contributed by atoms with Gasteiger partial charge in [0.1, 0.15) is 0 Å². The maximum absolute atomic E-state index is 3.35. The molecule has 0 saturated heterocycles. The highest BCUT2D eigenvalue weighted by Gasteiger charge is 2.06. The highest BCUT2D eigenvalue weighted by atomic mass is 79.9. The maximum atomic E-state index is 3.35. The lowest BCUT2D eigenvalue weighted by molar-refractivity contribution is 1.60. The molecule has 0 fully saturated rings. The van der Waals surface area contributed by atoms with Gasteiger partial charge in [0, 0.05) is 5.56 Å². The molecule has 0 amide bonds. The van der Waals surface area contributed by atoms with E-state index in [9.17, 15) is 0 Å². The first-order chi connectivity index (χ1) is 9.90. The zero-order valence-corrected chi connectivity index (χ0v) is 12.5. The zero-order valence-electron chi connectivity index (χ0n) is 10.9. The van der Waals surface area contributed by atoms with Gasteiger partial charge in [0.15, 0.2) is 0 Å². The summed E-state index contributed by atoms with van der Waals surface area (Å²) in [5, 5.41) is 3.22. The van der Waals surface area contributed by atoms with E-state index < -0.39 is 0 Å². The van der Waals surface area contributed by atoms with Gasteiger partial charge in [-0.05, 0) is 28.0 Å². The van der Waals surface area contributed by atoms with Gasteiger partial charge in [0.05, 0.1) is 5.33 Å². The summed E-state index contributed by atoms with van der Waals surface area (Å²) >= 11 is 3.35. The molecule has 3 aromatic rings. The third kappa shape index (κ3) is 2.48. The van der Waals surface area contributed by atoms with Gasteiger partial charge < -0.3 is 0 Å². The Bertz CT molecular complexity index is 801. The van der Waals surface area contributed by atoms with Crippen LogP contribution >= 0.6 is 15.9 Å². The van der Waals surface area contributed by atoms with Crippen molar-refractivity contribution in [3.63, 3.8) is 0 Å². The highest BCUT2D eigenvalue weighted by Crippen LogP contribution is 2.30. The normalized spacial score (nSPS) is 10.1. The fourth-order valence-electron chi connectivity index (χ4n) is 2.42. The Kier molecular flexibility index (Phi) is 3.85. The molecule has 0 N–H and O–H groups in total. The lowest BCUT2D eigenvalue weighted by Crippen LogP contribution is -1.86. The molecule has 20 heavy (non-hydrogen) atoms. The number of benzene rings is 3. The largest absolute Gasteiger partial charge is 0.0863 e. The molecule has 0 aliphatic heterocycles. The first-order valence-electron chi connectivity index (χ1n) is 6.52. The molecule has 0 atom stereocenters. The van der Waals surface area contributed by atoms with Gasteiger partial charge in [-0.2, -0.15) is 0 Å². The molecule has 0 aliphatic rings. The molecule has 0 aromatic heterocycles. The molecule has 0 saturated carbocycles. The molecule has 0 aliphatic carbocycles. The van der Waals surface area contributed by atoms with Gasteiger partial charge in [0.25, 0.3) is 0 Å². The minimum absolute atomic E-state index is 0.691. The minimum atomic E-state index is 0.691. The van der Waals surface area contributed by atoms with E-state index in [0.717, 1.165) is 5.56 Å². The quantitative estimate of drug-likeness (QED) is 0.424. The van der Waals surface area contributed by atoms with Crippen molar-refractivity contribution in [3.8, 4) is 23.0 Å². The monoisotopic (exact) mass is 320 g/mol. The third-order valence-corrected chi connectivity index (χ3v) is 3.58. The van der Waals surface area contributed by atoms with E-state index in [1.54, 1.807) is 0 Å². The first-order valence-corrected chi connectivity index (χ1v) is 7.64. The van der Waals surface area contributed by atoms with E-state index in [0.29, 0.717) is 5.33 Å². The van der Waals surface area contributed by atoms with Gasteiger partial charge in [-0.15, -0.1) is 0 Å². The Morgan fingerprint density at radius 1 is 0.750 bits per heavy atom. The second-order valence-corrected chi connectivity index (χ2v) is 5.07. The Balaban J connectivity index is 2.26. The molecule has 3 rings (SSSR count). The minimum Gasteiger partial charge on any atom is -0.0863 e. The molecule has 3 aromatic carbocycles. The van der Waals surface area contributed by atoms with E-state index in [1.807, 2.05) is 6.07 Å². The molecular formula is C19H13Br.